The van der Waals surface area contributed by atoms with E-state index in [1.54, 1.807) is 0 Å². The van der Waals surface area contributed by atoms with Crippen molar-refractivity contribution in [2.24, 2.45) is 0 Å². The Morgan fingerprint density at radius 3 is 2.56 bits per heavy atom. The Labute approximate surface area is 165 Å². The van der Waals surface area contributed by atoms with Crippen LogP contribution in [0.2, 0.25) is 0 Å². The van der Waals surface area contributed by atoms with Gasteiger partial charge in [-0.05, 0) is 50.8 Å². The minimum atomic E-state index is -0.382. The number of thioether (sulfide) groups is 1. The van der Waals surface area contributed by atoms with Crippen molar-refractivity contribution in [1.82, 2.24) is 5.32 Å². The van der Waals surface area contributed by atoms with E-state index in [1.807, 2.05) is 51.1 Å². The van der Waals surface area contributed by atoms with Gasteiger partial charge in [-0.25, -0.2) is 0 Å². The number of ether oxygens (including phenoxy) is 1. The Bertz CT molecular complexity index is 761. The first-order valence-corrected chi connectivity index (χ1v) is 10.1. The van der Waals surface area contributed by atoms with E-state index in [1.165, 1.54) is 22.9 Å². The van der Waals surface area contributed by atoms with E-state index in [4.69, 9.17) is 4.74 Å². The Kier molecular flexibility index (Phi) is 8.40. The highest BCUT2D eigenvalue weighted by atomic mass is 32.2. The van der Waals surface area contributed by atoms with Crippen LogP contribution in [0.15, 0.2) is 53.4 Å². The summed E-state index contributed by atoms with van der Waals surface area (Å²) in [5, 5.41) is 2.87. The van der Waals surface area contributed by atoms with Gasteiger partial charge in [0.2, 0.25) is 0 Å². The van der Waals surface area contributed by atoms with Crippen molar-refractivity contribution in [3.8, 4) is 0 Å². The number of hydrogen-bond acceptors (Lipinski definition) is 4. The summed E-state index contributed by atoms with van der Waals surface area (Å²) in [4.78, 5) is 24.9. The molecule has 2 aromatic rings. The zero-order valence-electron chi connectivity index (χ0n) is 16.2. The number of nitrogens with one attached hydrogen (secondary N) is 1. The van der Waals surface area contributed by atoms with Crippen molar-refractivity contribution < 1.29 is 14.3 Å². The lowest BCUT2D eigenvalue weighted by Gasteiger charge is -2.14. The number of carbonyl (C=O) groups excluding carboxylic acids is 2. The first-order chi connectivity index (χ1) is 12.9. The molecule has 1 amide bonds. The first-order valence-electron chi connectivity index (χ1n) is 9.13. The lowest BCUT2D eigenvalue weighted by atomic mass is 10.1. The van der Waals surface area contributed by atoms with Crippen molar-refractivity contribution in [1.29, 1.82) is 0 Å². The minimum absolute atomic E-state index is 0.0287. The third-order valence-corrected chi connectivity index (χ3v) is 5.31. The highest BCUT2D eigenvalue weighted by molar-refractivity contribution is 8.00. The first kappa shape index (κ1) is 21.0. The van der Waals surface area contributed by atoms with Gasteiger partial charge in [0.1, 0.15) is 0 Å². The van der Waals surface area contributed by atoms with Crippen molar-refractivity contribution in [2.75, 3.05) is 12.4 Å². The van der Waals surface area contributed by atoms with Gasteiger partial charge < -0.3 is 10.1 Å². The molecule has 0 aliphatic rings. The highest BCUT2D eigenvalue weighted by Crippen LogP contribution is 2.23. The fraction of sp³-hybridized carbons (Fsp3) is 0.364. The van der Waals surface area contributed by atoms with Crippen LogP contribution in [0.4, 0.5) is 0 Å². The molecular formula is C22H27NO3S. The van der Waals surface area contributed by atoms with Crippen LogP contribution in [-0.2, 0) is 20.7 Å². The number of amides is 1. The van der Waals surface area contributed by atoms with E-state index in [9.17, 15) is 9.59 Å². The molecule has 0 fully saturated rings. The van der Waals surface area contributed by atoms with Crippen LogP contribution in [0.3, 0.4) is 0 Å². The van der Waals surface area contributed by atoms with Crippen molar-refractivity contribution in [3.63, 3.8) is 0 Å². The zero-order chi connectivity index (χ0) is 19.6. The van der Waals surface area contributed by atoms with Gasteiger partial charge >= 0.3 is 5.97 Å². The number of esters is 1. The molecule has 0 aliphatic carbocycles. The van der Waals surface area contributed by atoms with Gasteiger partial charge in [0, 0.05) is 10.9 Å². The molecule has 0 radical (unpaired) electrons. The smallest absolute Gasteiger partial charge is 0.316 e. The molecule has 0 saturated heterocycles. The monoisotopic (exact) mass is 385 g/mol. The molecule has 4 nitrogen and oxygen atoms in total. The van der Waals surface area contributed by atoms with Crippen molar-refractivity contribution in [2.45, 2.75) is 44.6 Å². The fourth-order valence-corrected chi connectivity index (χ4v) is 3.51. The molecule has 0 spiro atoms. The van der Waals surface area contributed by atoms with E-state index < -0.39 is 0 Å². The summed E-state index contributed by atoms with van der Waals surface area (Å²) < 4.78 is 5.08. The maximum atomic E-state index is 11.9. The number of rotatable bonds is 9. The molecule has 1 atom stereocenters. The molecule has 5 heteroatoms. The normalized spacial score (nSPS) is 11.7. The zero-order valence-corrected chi connectivity index (χ0v) is 17.0. The van der Waals surface area contributed by atoms with Crippen LogP contribution >= 0.6 is 11.8 Å². The predicted molar refractivity (Wildman–Crippen MR) is 110 cm³/mol. The maximum Gasteiger partial charge on any atom is 0.316 e. The largest absolute Gasteiger partial charge is 0.455 e. The van der Waals surface area contributed by atoms with Crippen LogP contribution in [0.1, 0.15) is 30.0 Å². The Balaban J connectivity index is 1.64. The summed E-state index contributed by atoms with van der Waals surface area (Å²) in [6.07, 6.45) is 1.74. The average Bonchev–Trinajstić information content (AvgIpc) is 2.65. The third kappa shape index (κ3) is 7.87. The summed E-state index contributed by atoms with van der Waals surface area (Å²) in [6.45, 7) is 5.78. The van der Waals surface area contributed by atoms with E-state index in [2.05, 4.69) is 23.5 Å². The molecule has 0 unspecified atom stereocenters. The summed E-state index contributed by atoms with van der Waals surface area (Å²) in [7, 11) is 0. The Morgan fingerprint density at radius 2 is 1.85 bits per heavy atom. The molecule has 2 aromatic carbocycles. The molecular weight excluding hydrogens is 358 g/mol. The summed E-state index contributed by atoms with van der Waals surface area (Å²) in [5.41, 5.74) is 3.57. The molecule has 0 aliphatic heterocycles. The quantitative estimate of drug-likeness (QED) is 0.522. The molecule has 1 N–H and O–H groups in total. The number of carbonyl (C=O) groups is 2. The van der Waals surface area contributed by atoms with Crippen molar-refractivity contribution >= 4 is 23.6 Å². The fourth-order valence-electron chi connectivity index (χ4n) is 2.70. The van der Waals surface area contributed by atoms with E-state index in [-0.39, 0.29) is 30.3 Å². The second-order valence-electron chi connectivity index (χ2n) is 6.71. The lowest BCUT2D eigenvalue weighted by Crippen LogP contribution is -2.36. The SMILES string of the molecule is Cc1ccc(SCC(=O)OCC(=O)N[C@H](C)CCc2ccccc2)c(C)c1. The minimum Gasteiger partial charge on any atom is -0.455 e. The van der Waals surface area contributed by atoms with Gasteiger partial charge in [0.15, 0.2) is 6.61 Å². The van der Waals surface area contributed by atoms with Gasteiger partial charge in [-0.2, -0.15) is 0 Å². The Morgan fingerprint density at radius 1 is 1.11 bits per heavy atom. The summed E-state index contributed by atoms with van der Waals surface area (Å²) >= 11 is 1.43. The lowest BCUT2D eigenvalue weighted by molar-refractivity contribution is -0.146. The van der Waals surface area contributed by atoms with E-state index in [0.29, 0.717) is 0 Å². The van der Waals surface area contributed by atoms with Gasteiger partial charge in [0.05, 0.1) is 5.75 Å². The standard InChI is InChI=1S/C22H27NO3S/c1-16-9-12-20(17(2)13-16)27-15-22(25)26-14-21(24)23-18(3)10-11-19-7-5-4-6-8-19/h4-9,12-13,18H,10-11,14-15H2,1-3H3,(H,23,24)/t18-/m1/s1. The third-order valence-electron chi connectivity index (χ3n) is 4.16. The summed E-state index contributed by atoms with van der Waals surface area (Å²) in [6, 6.07) is 16.3. The number of hydrogen-bond donors (Lipinski definition) is 1. The van der Waals surface area contributed by atoms with E-state index >= 15 is 0 Å². The molecule has 0 bridgehead atoms. The second kappa shape index (κ2) is 10.8. The van der Waals surface area contributed by atoms with Gasteiger partial charge in [-0.15, -0.1) is 11.8 Å². The van der Waals surface area contributed by atoms with Crippen LogP contribution < -0.4 is 5.32 Å². The van der Waals surface area contributed by atoms with Crippen LogP contribution in [0, 0.1) is 13.8 Å². The predicted octanol–water partition coefficient (Wildman–Crippen LogP) is 4.08. The number of aryl methyl sites for hydroxylation is 3. The molecule has 0 aromatic heterocycles. The maximum absolute atomic E-state index is 11.9. The van der Waals surface area contributed by atoms with Crippen LogP contribution in [0.25, 0.3) is 0 Å². The second-order valence-corrected chi connectivity index (χ2v) is 7.73. The summed E-state index contributed by atoms with van der Waals surface area (Å²) in [5.74, 6) is -0.451. The molecule has 0 heterocycles. The van der Waals surface area contributed by atoms with Gasteiger partial charge in [0.25, 0.3) is 5.91 Å². The van der Waals surface area contributed by atoms with E-state index in [0.717, 1.165) is 23.3 Å². The van der Waals surface area contributed by atoms with Gasteiger partial charge in [-0.3, -0.25) is 9.59 Å². The molecule has 27 heavy (non-hydrogen) atoms. The Hall–Kier alpha value is -2.27. The van der Waals surface area contributed by atoms with Crippen molar-refractivity contribution in [3.05, 3.63) is 65.2 Å². The molecule has 144 valence electrons. The molecule has 0 saturated carbocycles. The topological polar surface area (TPSA) is 55.4 Å². The number of benzene rings is 2. The average molecular weight is 386 g/mol. The van der Waals surface area contributed by atoms with Crippen LogP contribution in [-0.4, -0.2) is 30.3 Å². The molecule has 2 rings (SSSR count). The van der Waals surface area contributed by atoms with Gasteiger partial charge in [-0.1, -0.05) is 48.0 Å². The van der Waals surface area contributed by atoms with Crippen LogP contribution in [0.5, 0.6) is 0 Å². The highest BCUT2D eigenvalue weighted by Gasteiger charge is 2.11.